The highest BCUT2D eigenvalue weighted by Crippen LogP contribution is 2.29. The van der Waals surface area contributed by atoms with Crippen molar-refractivity contribution < 1.29 is 14.7 Å². The molecule has 1 aliphatic rings. The lowest BCUT2D eigenvalue weighted by atomic mass is 10.0. The first kappa shape index (κ1) is 13.3. The van der Waals surface area contributed by atoms with Gasteiger partial charge in [0.1, 0.15) is 0 Å². The van der Waals surface area contributed by atoms with Crippen molar-refractivity contribution in [2.75, 3.05) is 6.54 Å². The zero-order valence-corrected chi connectivity index (χ0v) is 10.9. The van der Waals surface area contributed by atoms with Crippen LogP contribution in [-0.4, -0.2) is 28.4 Å². The number of carbonyl (C=O) groups is 2. The first-order chi connectivity index (χ1) is 9.02. The molecule has 1 fully saturated rings. The summed E-state index contributed by atoms with van der Waals surface area (Å²) in [6, 6.07) is 6.34. The van der Waals surface area contributed by atoms with Gasteiger partial charge in [0.2, 0.25) is 5.91 Å². The largest absolute Gasteiger partial charge is 0.479 e. The molecule has 0 aromatic heterocycles. The van der Waals surface area contributed by atoms with E-state index in [1.807, 2.05) is 19.1 Å². The Kier molecular flexibility index (Phi) is 3.69. The van der Waals surface area contributed by atoms with E-state index in [2.05, 4.69) is 6.58 Å². The van der Waals surface area contributed by atoms with E-state index >= 15 is 0 Å². The van der Waals surface area contributed by atoms with Crippen molar-refractivity contribution in [1.29, 1.82) is 0 Å². The fourth-order valence-electron chi connectivity index (χ4n) is 2.37. The van der Waals surface area contributed by atoms with Crippen molar-refractivity contribution in [3.05, 3.63) is 48.0 Å². The maximum absolute atomic E-state index is 11.9. The summed E-state index contributed by atoms with van der Waals surface area (Å²) in [4.78, 5) is 24.9. The number of hydrogen-bond acceptors (Lipinski definition) is 2. The van der Waals surface area contributed by atoms with Crippen molar-refractivity contribution in [3.8, 4) is 0 Å². The first-order valence-corrected chi connectivity index (χ1v) is 6.24. The van der Waals surface area contributed by atoms with Crippen LogP contribution in [0.2, 0.25) is 0 Å². The molecule has 0 radical (unpaired) electrons. The Balaban J connectivity index is 2.31. The molecule has 1 aromatic carbocycles. The molecule has 1 aliphatic heterocycles. The number of aryl methyl sites for hydroxylation is 1. The molecule has 1 N–H and O–H groups in total. The van der Waals surface area contributed by atoms with Crippen LogP contribution in [0.5, 0.6) is 0 Å². The van der Waals surface area contributed by atoms with Gasteiger partial charge in [0.05, 0.1) is 0 Å². The number of nitrogens with zero attached hydrogens (tertiary/aromatic N) is 1. The van der Waals surface area contributed by atoms with Crippen molar-refractivity contribution >= 4 is 11.9 Å². The van der Waals surface area contributed by atoms with Gasteiger partial charge in [-0.1, -0.05) is 35.9 Å². The van der Waals surface area contributed by atoms with Gasteiger partial charge in [-0.3, -0.25) is 4.79 Å². The smallest absolute Gasteiger partial charge is 0.331 e. The van der Waals surface area contributed by atoms with Crippen LogP contribution in [-0.2, 0) is 9.59 Å². The van der Waals surface area contributed by atoms with Gasteiger partial charge in [-0.05, 0) is 12.5 Å². The van der Waals surface area contributed by atoms with E-state index in [1.54, 1.807) is 18.2 Å². The van der Waals surface area contributed by atoms with Gasteiger partial charge >= 0.3 is 5.97 Å². The van der Waals surface area contributed by atoms with Crippen LogP contribution in [0.3, 0.4) is 0 Å². The maximum atomic E-state index is 11.9. The number of amides is 1. The lowest BCUT2D eigenvalue weighted by Gasteiger charge is -2.25. The van der Waals surface area contributed by atoms with E-state index in [4.69, 9.17) is 0 Å². The minimum absolute atomic E-state index is 0.0415. The van der Waals surface area contributed by atoms with Crippen molar-refractivity contribution in [1.82, 2.24) is 4.90 Å². The SMILES string of the molecule is C=CC1CC(=O)N(C(C(=O)O)c2ccc(C)cc2)C1. The summed E-state index contributed by atoms with van der Waals surface area (Å²) in [5.41, 5.74) is 1.70. The summed E-state index contributed by atoms with van der Waals surface area (Å²) in [7, 11) is 0. The number of carbonyl (C=O) groups excluding carboxylic acids is 1. The molecule has 1 amide bonds. The average Bonchev–Trinajstić information content (AvgIpc) is 2.73. The third kappa shape index (κ3) is 2.67. The van der Waals surface area contributed by atoms with E-state index < -0.39 is 12.0 Å². The number of carboxylic acids is 1. The molecule has 100 valence electrons. The second-order valence-corrected chi connectivity index (χ2v) is 4.90. The molecular weight excluding hydrogens is 242 g/mol. The van der Waals surface area contributed by atoms with Gasteiger partial charge in [-0.15, -0.1) is 6.58 Å². The number of carboxylic acid groups (broad SMARTS) is 1. The zero-order valence-electron chi connectivity index (χ0n) is 10.9. The number of hydrogen-bond donors (Lipinski definition) is 1. The van der Waals surface area contributed by atoms with Crippen molar-refractivity contribution in [2.24, 2.45) is 5.92 Å². The average molecular weight is 259 g/mol. The van der Waals surface area contributed by atoms with Crippen LogP contribution < -0.4 is 0 Å². The monoisotopic (exact) mass is 259 g/mol. The molecule has 2 unspecified atom stereocenters. The lowest BCUT2D eigenvalue weighted by Crippen LogP contribution is -2.35. The van der Waals surface area contributed by atoms with E-state index in [0.717, 1.165) is 5.56 Å². The summed E-state index contributed by atoms with van der Waals surface area (Å²) in [5, 5.41) is 9.41. The van der Waals surface area contributed by atoms with E-state index in [1.165, 1.54) is 4.90 Å². The summed E-state index contributed by atoms with van der Waals surface area (Å²) >= 11 is 0. The number of aliphatic carboxylic acids is 1. The highest BCUT2D eigenvalue weighted by Gasteiger charge is 2.37. The predicted octanol–water partition coefficient (Wildman–Crippen LogP) is 2.16. The van der Waals surface area contributed by atoms with Crippen LogP contribution in [0, 0.1) is 12.8 Å². The molecule has 2 rings (SSSR count). The quantitative estimate of drug-likeness (QED) is 0.843. The molecule has 1 aromatic rings. The molecule has 0 saturated carbocycles. The third-order valence-corrected chi connectivity index (χ3v) is 3.46. The molecule has 1 heterocycles. The Labute approximate surface area is 112 Å². The van der Waals surface area contributed by atoms with Crippen molar-refractivity contribution in [2.45, 2.75) is 19.4 Å². The second kappa shape index (κ2) is 5.26. The van der Waals surface area contributed by atoms with E-state index in [-0.39, 0.29) is 11.8 Å². The highest BCUT2D eigenvalue weighted by molar-refractivity contribution is 5.86. The summed E-state index contributed by atoms with van der Waals surface area (Å²) in [6.07, 6.45) is 2.06. The lowest BCUT2D eigenvalue weighted by molar-refractivity contribution is -0.148. The van der Waals surface area contributed by atoms with E-state index in [0.29, 0.717) is 18.5 Å². The van der Waals surface area contributed by atoms with Crippen LogP contribution >= 0.6 is 0 Å². The van der Waals surface area contributed by atoms with E-state index in [9.17, 15) is 14.7 Å². The molecule has 1 saturated heterocycles. The molecule has 19 heavy (non-hydrogen) atoms. The number of likely N-dealkylation sites (tertiary alicyclic amines) is 1. The number of rotatable bonds is 4. The van der Waals surface area contributed by atoms with Gasteiger partial charge in [-0.25, -0.2) is 4.79 Å². The second-order valence-electron chi connectivity index (χ2n) is 4.90. The minimum Gasteiger partial charge on any atom is -0.479 e. The molecule has 2 atom stereocenters. The third-order valence-electron chi connectivity index (χ3n) is 3.46. The maximum Gasteiger partial charge on any atom is 0.331 e. The number of benzene rings is 1. The normalized spacial score (nSPS) is 20.4. The van der Waals surface area contributed by atoms with Gasteiger partial charge in [-0.2, -0.15) is 0 Å². The van der Waals surface area contributed by atoms with Crippen LogP contribution in [0.1, 0.15) is 23.6 Å². The van der Waals surface area contributed by atoms with Crippen molar-refractivity contribution in [3.63, 3.8) is 0 Å². The minimum atomic E-state index is -0.998. The Morgan fingerprint density at radius 2 is 2.11 bits per heavy atom. The molecule has 0 aliphatic carbocycles. The van der Waals surface area contributed by atoms with Gasteiger partial charge < -0.3 is 10.0 Å². The molecular formula is C15H17NO3. The highest BCUT2D eigenvalue weighted by atomic mass is 16.4. The summed E-state index contributed by atoms with van der Waals surface area (Å²) < 4.78 is 0. The van der Waals surface area contributed by atoms with Gasteiger partial charge in [0.25, 0.3) is 0 Å². The zero-order chi connectivity index (χ0) is 14.0. The Hall–Kier alpha value is -2.10. The first-order valence-electron chi connectivity index (χ1n) is 6.24. The van der Waals surface area contributed by atoms with Crippen LogP contribution in [0.25, 0.3) is 0 Å². The van der Waals surface area contributed by atoms with Gasteiger partial charge in [0, 0.05) is 18.9 Å². The fourth-order valence-corrected chi connectivity index (χ4v) is 2.37. The Bertz CT molecular complexity index is 507. The Morgan fingerprint density at radius 1 is 1.47 bits per heavy atom. The summed E-state index contributed by atoms with van der Waals surface area (Å²) in [5.74, 6) is -1.08. The van der Waals surface area contributed by atoms with Crippen LogP contribution in [0.15, 0.2) is 36.9 Å². The molecule has 0 spiro atoms. The molecule has 4 nitrogen and oxygen atoms in total. The fraction of sp³-hybridized carbons (Fsp3) is 0.333. The molecule has 0 bridgehead atoms. The predicted molar refractivity (Wildman–Crippen MR) is 71.6 cm³/mol. The Morgan fingerprint density at radius 3 is 2.58 bits per heavy atom. The molecule has 4 heteroatoms. The summed E-state index contributed by atoms with van der Waals surface area (Å²) in [6.45, 7) is 6.04. The standard InChI is InChI=1S/C15H17NO3/c1-3-11-8-13(17)16(9-11)14(15(18)19)12-6-4-10(2)5-7-12/h3-7,11,14H,1,8-9H2,2H3,(H,18,19). The van der Waals surface area contributed by atoms with Gasteiger partial charge in [0.15, 0.2) is 6.04 Å². The van der Waals surface area contributed by atoms with Crippen LogP contribution in [0.4, 0.5) is 0 Å². The topological polar surface area (TPSA) is 57.6 Å².